The minimum absolute atomic E-state index is 0.0452. The number of carbonyl (C=O) groups is 8. The van der Waals surface area contributed by atoms with Crippen molar-refractivity contribution in [3.63, 3.8) is 0 Å². The Balaban J connectivity index is 3.38. The minimum atomic E-state index is -1.52. The molecule has 6 amide bonds. The van der Waals surface area contributed by atoms with Crippen LogP contribution in [0.25, 0.3) is 0 Å². The lowest BCUT2D eigenvalue weighted by Gasteiger charge is -2.37. The second kappa shape index (κ2) is 23.4. The highest BCUT2D eigenvalue weighted by Crippen LogP contribution is 2.18. The molecule has 1 aromatic rings. The van der Waals surface area contributed by atoms with Gasteiger partial charge >= 0.3 is 11.9 Å². The maximum Gasteiger partial charge on any atom is 0.326 e. The Morgan fingerprint density at radius 2 is 1.36 bits per heavy atom. The molecule has 296 valence electrons. The van der Waals surface area contributed by atoms with E-state index in [4.69, 9.17) is 22.3 Å². The van der Waals surface area contributed by atoms with E-state index in [2.05, 4.69) is 21.3 Å². The number of unbranched alkanes of at least 4 members (excludes halogenated alkanes) is 1. The number of primary amides is 1. The lowest BCUT2D eigenvalue weighted by Crippen LogP contribution is -2.61. The molecule has 0 heterocycles. The molecule has 19 nitrogen and oxygen atoms in total. The van der Waals surface area contributed by atoms with Gasteiger partial charge in [0.15, 0.2) is 0 Å². The summed E-state index contributed by atoms with van der Waals surface area (Å²) in [6.07, 6.45) is -0.794. The molecule has 0 radical (unpaired) electrons. The van der Waals surface area contributed by atoms with Gasteiger partial charge in [-0.3, -0.25) is 33.6 Å². The van der Waals surface area contributed by atoms with Crippen molar-refractivity contribution >= 4 is 47.4 Å². The second-order valence-electron chi connectivity index (χ2n) is 12.8. The smallest absolute Gasteiger partial charge is 0.326 e. The maximum absolute atomic E-state index is 14.1. The van der Waals surface area contributed by atoms with Crippen molar-refractivity contribution < 1.29 is 53.7 Å². The number of hydrogen-bond donors (Lipinski definition) is 10. The van der Waals surface area contributed by atoms with Gasteiger partial charge in [0.25, 0.3) is 0 Å². The standard InChI is InChI=1S/C34H54N8O11/c1-19(2)42(33(51)23(12-13-27(37)44)39-30(48)22(36)18-28(45)46)26(11-7-8-15-35)32(50)38-20(3)29(47)41-25(17-21-9-5-4-6-10-21)31(49)40-24(14-16-43)34(52)53/h4-6,9-10,19-20,22-26,43H,7-8,11-18,35-36H2,1-3H3,(H2,37,44)(H,38,50)(H,39,48)(H,40,49)(H,41,47)(H,45,46)(H,52,53)/t20-,22-,23-,24-,25-,26-/m0/s1. The number of carbonyl (C=O) groups excluding carboxylic acids is 6. The largest absolute Gasteiger partial charge is 0.481 e. The van der Waals surface area contributed by atoms with Crippen LogP contribution < -0.4 is 38.5 Å². The number of benzene rings is 1. The number of carboxylic acid groups (broad SMARTS) is 2. The fourth-order valence-electron chi connectivity index (χ4n) is 5.32. The lowest BCUT2D eigenvalue weighted by molar-refractivity contribution is -0.147. The van der Waals surface area contributed by atoms with E-state index in [-0.39, 0.29) is 38.6 Å². The maximum atomic E-state index is 14.1. The number of rotatable bonds is 25. The molecule has 53 heavy (non-hydrogen) atoms. The number of nitrogens with two attached hydrogens (primary N) is 3. The van der Waals surface area contributed by atoms with Gasteiger partial charge in [0, 0.05) is 31.9 Å². The average Bonchev–Trinajstić information content (AvgIpc) is 3.08. The van der Waals surface area contributed by atoms with E-state index in [0.29, 0.717) is 18.4 Å². The summed E-state index contributed by atoms with van der Waals surface area (Å²) in [5.41, 5.74) is 17.3. The van der Waals surface area contributed by atoms with E-state index < -0.39 is 103 Å². The zero-order valence-corrected chi connectivity index (χ0v) is 30.3. The minimum Gasteiger partial charge on any atom is -0.481 e. The van der Waals surface area contributed by atoms with Crippen LogP contribution in [0.5, 0.6) is 0 Å². The molecule has 13 N–H and O–H groups in total. The molecule has 0 saturated carbocycles. The Bertz CT molecular complexity index is 1410. The van der Waals surface area contributed by atoms with Crippen LogP contribution in [0, 0.1) is 0 Å². The third-order valence-corrected chi connectivity index (χ3v) is 8.11. The van der Waals surface area contributed by atoms with Gasteiger partial charge in [0.1, 0.15) is 30.2 Å². The Labute approximate surface area is 307 Å². The van der Waals surface area contributed by atoms with Crippen LogP contribution in [0.2, 0.25) is 0 Å². The van der Waals surface area contributed by atoms with E-state index in [9.17, 15) is 48.6 Å². The highest BCUT2D eigenvalue weighted by Gasteiger charge is 2.38. The molecule has 0 fully saturated rings. The molecule has 0 unspecified atom stereocenters. The first-order valence-electron chi connectivity index (χ1n) is 17.3. The van der Waals surface area contributed by atoms with Crippen molar-refractivity contribution in [3.05, 3.63) is 35.9 Å². The molecule has 0 aromatic heterocycles. The van der Waals surface area contributed by atoms with Crippen molar-refractivity contribution in [2.24, 2.45) is 17.2 Å². The first-order valence-corrected chi connectivity index (χ1v) is 17.3. The van der Waals surface area contributed by atoms with E-state index in [1.165, 1.54) is 11.8 Å². The summed E-state index contributed by atoms with van der Waals surface area (Å²) in [5.74, 6) is -7.73. The van der Waals surface area contributed by atoms with Gasteiger partial charge in [0.05, 0.1) is 12.5 Å². The van der Waals surface area contributed by atoms with E-state index in [1.54, 1.807) is 44.2 Å². The third-order valence-electron chi connectivity index (χ3n) is 8.11. The molecule has 0 aliphatic heterocycles. The molecular weight excluding hydrogens is 696 g/mol. The number of hydrogen-bond acceptors (Lipinski definition) is 11. The summed E-state index contributed by atoms with van der Waals surface area (Å²) in [6, 6.07) is -0.322. The predicted octanol–water partition coefficient (Wildman–Crippen LogP) is -2.54. The van der Waals surface area contributed by atoms with E-state index in [1.807, 2.05) is 0 Å². The van der Waals surface area contributed by atoms with Gasteiger partial charge in [-0.15, -0.1) is 0 Å². The van der Waals surface area contributed by atoms with Crippen LogP contribution in [-0.2, 0) is 44.8 Å². The van der Waals surface area contributed by atoms with Crippen molar-refractivity contribution in [3.8, 4) is 0 Å². The molecule has 1 rings (SSSR count). The Morgan fingerprint density at radius 1 is 0.755 bits per heavy atom. The number of nitrogens with one attached hydrogen (secondary N) is 4. The number of aliphatic hydroxyl groups excluding tert-OH is 1. The number of aliphatic hydroxyl groups is 1. The topological polar surface area (TPSA) is 327 Å². The van der Waals surface area contributed by atoms with Crippen LogP contribution in [0.3, 0.4) is 0 Å². The number of amides is 6. The summed E-state index contributed by atoms with van der Waals surface area (Å²) in [7, 11) is 0. The van der Waals surface area contributed by atoms with Gasteiger partial charge < -0.3 is 58.7 Å². The lowest BCUT2D eigenvalue weighted by atomic mass is 10.0. The number of carboxylic acids is 2. The van der Waals surface area contributed by atoms with Crippen LogP contribution >= 0.6 is 0 Å². The quantitative estimate of drug-likeness (QED) is 0.0461. The molecule has 0 bridgehead atoms. The molecule has 0 aliphatic rings. The summed E-state index contributed by atoms with van der Waals surface area (Å²) >= 11 is 0. The number of aliphatic carboxylic acids is 2. The molecule has 19 heteroatoms. The van der Waals surface area contributed by atoms with Crippen LogP contribution in [0.1, 0.15) is 71.3 Å². The van der Waals surface area contributed by atoms with E-state index >= 15 is 0 Å². The monoisotopic (exact) mass is 750 g/mol. The molecule has 0 aliphatic carbocycles. The fraction of sp³-hybridized carbons (Fsp3) is 0.588. The zero-order valence-electron chi connectivity index (χ0n) is 30.3. The highest BCUT2D eigenvalue weighted by molar-refractivity contribution is 5.97. The fourth-order valence-corrected chi connectivity index (χ4v) is 5.32. The van der Waals surface area contributed by atoms with Gasteiger partial charge in [-0.2, -0.15) is 0 Å². The summed E-state index contributed by atoms with van der Waals surface area (Å²) in [4.78, 5) is 103. The van der Waals surface area contributed by atoms with Crippen molar-refractivity contribution in [1.29, 1.82) is 0 Å². The molecule has 0 saturated heterocycles. The van der Waals surface area contributed by atoms with Crippen molar-refractivity contribution in [1.82, 2.24) is 26.2 Å². The first kappa shape index (κ1) is 45.9. The summed E-state index contributed by atoms with van der Waals surface area (Å²) < 4.78 is 0. The highest BCUT2D eigenvalue weighted by atomic mass is 16.4. The second-order valence-corrected chi connectivity index (χ2v) is 12.8. The Morgan fingerprint density at radius 3 is 1.89 bits per heavy atom. The molecule has 6 atom stereocenters. The molecule has 1 aromatic carbocycles. The average molecular weight is 751 g/mol. The summed E-state index contributed by atoms with van der Waals surface area (Å²) in [6.45, 7) is 4.31. The first-order chi connectivity index (χ1) is 24.9. The van der Waals surface area contributed by atoms with Gasteiger partial charge in [0.2, 0.25) is 35.4 Å². The van der Waals surface area contributed by atoms with Crippen molar-refractivity contribution in [2.75, 3.05) is 13.2 Å². The van der Waals surface area contributed by atoms with Crippen LogP contribution in [0.15, 0.2) is 30.3 Å². The van der Waals surface area contributed by atoms with Gasteiger partial charge in [-0.1, -0.05) is 30.3 Å². The van der Waals surface area contributed by atoms with E-state index in [0.717, 1.165) is 0 Å². The van der Waals surface area contributed by atoms with Gasteiger partial charge in [-0.25, -0.2) is 4.79 Å². The zero-order chi connectivity index (χ0) is 40.2. The summed E-state index contributed by atoms with van der Waals surface area (Å²) in [5, 5.41) is 37.6. The third kappa shape index (κ3) is 16.4. The molecule has 0 spiro atoms. The molecular formula is C34H54N8O11. The van der Waals surface area contributed by atoms with Crippen molar-refractivity contribution in [2.45, 2.75) is 114 Å². The predicted molar refractivity (Wildman–Crippen MR) is 190 cm³/mol. The Hall–Kier alpha value is -5.14. The SMILES string of the molecule is CC(C)N(C(=O)[C@H](CCC(N)=O)NC(=O)[C@@H](N)CC(=O)O)[C@@H](CCCCN)C(=O)N[C@@H](C)C(=O)N[C@@H](Cc1ccccc1)C(=O)N[C@@H](CCO)C(=O)O. The number of nitrogens with zero attached hydrogens (tertiary/aromatic N) is 1. The normalized spacial score (nSPS) is 14.4. The Kier molecular flexibility index (Phi) is 20.3. The van der Waals surface area contributed by atoms with Gasteiger partial charge in [-0.05, 0) is 58.6 Å². The van der Waals surface area contributed by atoms with Crippen LogP contribution in [0.4, 0.5) is 0 Å². The van der Waals surface area contributed by atoms with Crippen LogP contribution in [-0.4, -0.2) is 123 Å².